The van der Waals surface area contributed by atoms with Crippen LogP contribution in [-0.2, 0) is 4.74 Å². The zero-order valence-electron chi connectivity index (χ0n) is 14.2. The normalized spacial score (nSPS) is 48.7. The largest absolute Gasteiger partial charge is 0.437 e. The van der Waals surface area contributed by atoms with Crippen molar-refractivity contribution in [3.8, 4) is 0 Å². The van der Waals surface area contributed by atoms with Gasteiger partial charge in [0.05, 0.1) is 0 Å². The molecule has 0 unspecified atom stereocenters. The van der Waals surface area contributed by atoms with Crippen molar-refractivity contribution in [1.29, 1.82) is 0 Å². The first-order valence-electron chi connectivity index (χ1n) is 7.54. The maximum absolute atomic E-state index is 14.9. The van der Waals surface area contributed by atoms with Gasteiger partial charge in [-0.25, -0.2) is 22.0 Å². The molecule has 21 heteroatoms. The highest BCUT2D eigenvalue weighted by molar-refractivity contribution is 5.54. The Balaban J connectivity index is 2.64. The van der Waals surface area contributed by atoms with Gasteiger partial charge in [0.2, 0.25) is 0 Å². The van der Waals surface area contributed by atoms with Gasteiger partial charge in [-0.2, -0.15) is 61.5 Å². The van der Waals surface area contributed by atoms with Crippen LogP contribution in [0.15, 0.2) is 0 Å². The molecule has 4 aliphatic rings. The number of ether oxygens (including phenoxy) is 1. The lowest BCUT2D eigenvalue weighted by molar-refractivity contribution is -0.630. The van der Waals surface area contributed by atoms with Crippen molar-refractivity contribution in [3.05, 3.63) is 0 Å². The van der Waals surface area contributed by atoms with Crippen molar-refractivity contribution in [2.45, 2.75) is 70.3 Å². The third-order valence-corrected chi connectivity index (χ3v) is 5.87. The zero-order valence-corrected chi connectivity index (χ0v) is 14.2. The Bertz CT molecular complexity index is 817. The fourth-order valence-corrected chi connectivity index (χ4v) is 4.19. The first kappa shape index (κ1) is 26.2. The number of alkyl halides is 19. The van der Waals surface area contributed by atoms with E-state index in [2.05, 4.69) is 5.73 Å². The molecule has 0 aliphatic heterocycles. The molecule has 0 atom stereocenters. The van der Waals surface area contributed by atoms with Gasteiger partial charge in [-0.1, -0.05) is 0 Å². The lowest BCUT2D eigenvalue weighted by atomic mass is 9.40. The Morgan fingerprint density at radius 2 is 0.636 bits per heavy atom. The van der Waals surface area contributed by atoms with Gasteiger partial charge < -0.3 is 0 Å². The molecule has 4 fully saturated rings. The Morgan fingerprint density at radius 3 is 0.848 bits per heavy atom. The predicted molar refractivity (Wildman–Crippen MR) is 59.1 cm³/mol. The van der Waals surface area contributed by atoms with E-state index in [-0.39, 0.29) is 0 Å². The van der Waals surface area contributed by atoms with E-state index in [1.807, 2.05) is 0 Å². The minimum absolute atomic E-state index is 1.65. The van der Waals surface area contributed by atoms with Gasteiger partial charge in [-0.3, -0.25) is 10.5 Å². The molecule has 4 aliphatic carbocycles. The summed E-state index contributed by atoms with van der Waals surface area (Å²) in [6.45, 7) is 0. The van der Waals surface area contributed by atoms with E-state index < -0.39 is 70.3 Å². The van der Waals surface area contributed by atoms with E-state index in [9.17, 15) is 83.4 Å². The topological polar surface area (TPSA) is 35.2 Å². The fourth-order valence-electron chi connectivity index (χ4n) is 4.19. The first-order chi connectivity index (χ1) is 14.0. The summed E-state index contributed by atoms with van der Waals surface area (Å²) in [5.74, 6) is -49.8. The Morgan fingerprint density at radius 1 is 0.424 bits per heavy atom. The highest BCUT2D eigenvalue weighted by atomic mass is 19.4. The van der Waals surface area contributed by atoms with Gasteiger partial charge >= 0.3 is 70.3 Å². The van der Waals surface area contributed by atoms with Gasteiger partial charge in [0.1, 0.15) is 0 Å². The third-order valence-electron chi connectivity index (χ3n) is 5.87. The van der Waals surface area contributed by atoms with Crippen molar-refractivity contribution in [1.82, 2.24) is 0 Å². The minimum Gasteiger partial charge on any atom is -0.270 e. The Kier molecular flexibility index (Phi) is 4.15. The lowest BCUT2D eigenvalue weighted by Crippen LogP contribution is -3.09. The second kappa shape index (κ2) is 5.23. The molecule has 194 valence electrons. The molecule has 33 heavy (non-hydrogen) atoms. The molecule has 4 bridgehead atoms. The maximum atomic E-state index is 14.9. The van der Waals surface area contributed by atoms with Crippen LogP contribution in [0, 0.1) is 0 Å². The van der Waals surface area contributed by atoms with Crippen LogP contribution in [0.4, 0.5) is 83.4 Å². The van der Waals surface area contributed by atoms with Crippen molar-refractivity contribution in [2.75, 3.05) is 0 Å². The lowest BCUT2D eigenvalue weighted by Gasteiger charge is -2.74. The first-order valence-corrected chi connectivity index (χ1v) is 7.54. The number of rotatable bonds is 3. The number of hydrogen-bond donors (Lipinski definition) is 1. The van der Waals surface area contributed by atoms with Crippen molar-refractivity contribution in [2.24, 2.45) is 5.73 Å². The SMILES string of the molecule is NC(F)(F)C(F)(F)OC1(F)C2(F)C(F)(F)C3(F)C(F)(F)C(F)(C2(F)F)C(F)(F)C1(F)C3(F)F. The van der Waals surface area contributed by atoms with Crippen LogP contribution in [0.5, 0.6) is 0 Å². The van der Waals surface area contributed by atoms with Crippen LogP contribution in [0.2, 0.25) is 0 Å². The van der Waals surface area contributed by atoms with Gasteiger partial charge in [-0.15, -0.1) is 0 Å². The minimum atomic E-state index is -8.34. The fraction of sp³-hybridized carbons (Fsp3) is 1.00. The summed E-state index contributed by atoms with van der Waals surface area (Å²) >= 11 is 0. The molecular weight excluding hydrogens is 535 g/mol. The van der Waals surface area contributed by atoms with E-state index in [0.29, 0.717) is 0 Å². The molecule has 0 heterocycles. The molecule has 0 saturated heterocycles. The van der Waals surface area contributed by atoms with Gasteiger partial charge in [-0.05, 0) is 0 Å². The number of hydrogen-bond acceptors (Lipinski definition) is 2. The van der Waals surface area contributed by atoms with Crippen LogP contribution < -0.4 is 5.73 Å². The van der Waals surface area contributed by atoms with Gasteiger partial charge in [0.15, 0.2) is 0 Å². The predicted octanol–water partition coefficient (Wildman–Crippen LogP) is 4.86. The average molecular weight is 537 g/mol. The average Bonchev–Trinajstić information content (AvgIpc) is 2.59. The van der Waals surface area contributed by atoms with E-state index in [1.165, 1.54) is 0 Å². The van der Waals surface area contributed by atoms with Crippen LogP contribution in [-0.4, -0.2) is 70.3 Å². The second-order valence-corrected chi connectivity index (χ2v) is 7.34. The summed E-state index contributed by atoms with van der Waals surface area (Å²) in [5, 5.41) is 0. The summed E-state index contributed by atoms with van der Waals surface area (Å²) in [4.78, 5) is 0. The van der Waals surface area contributed by atoms with Crippen molar-refractivity contribution in [3.63, 3.8) is 0 Å². The van der Waals surface area contributed by atoms with E-state index in [4.69, 9.17) is 0 Å². The summed E-state index contributed by atoms with van der Waals surface area (Å²) in [5.41, 5.74) is -29.7. The van der Waals surface area contributed by atoms with Crippen LogP contribution >= 0.6 is 0 Å². The standard InChI is InChI=1S/C12H2F19NO/c13-1-5(17,18)2(14)8(23,24)3(15,6(1,19)20)10(27,33-12(30,31)11(28,29)32)4(16,7(1,21)22)9(2,25)26/h32H2. The van der Waals surface area contributed by atoms with Gasteiger partial charge in [0.25, 0.3) is 0 Å². The molecule has 0 aromatic carbocycles. The Hall–Kier alpha value is -1.41. The van der Waals surface area contributed by atoms with E-state index in [0.717, 1.165) is 0 Å². The van der Waals surface area contributed by atoms with E-state index >= 15 is 0 Å². The zero-order chi connectivity index (χ0) is 26.7. The summed E-state index contributed by atoms with van der Waals surface area (Å²) in [6.07, 6.45) is -7.44. The van der Waals surface area contributed by atoms with Crippen LogP contribution in [0.1, 0.15) is 0 Å². The van der Waals surface area contributed by atoms with Gasteiger partial charge in [0, 0.05) is 0 Å². The van der Waals surface area contributed by atoms with Crippen LogP contribution in [0.25, 0.3) is 0 Å². The third kappa shape index (κ3) is 1.69. The quantitative estimate of drug-likeness (QED) is 0.413. The highest BCUT2D eigenvalue weighted by Crippen LogP contribution is 2.89. The molecular formula is C12H2F19NO. The summed E-state index contributed by atoms with van der Waals surface area (Å²) in [7, 11) is 0. The molecule has 4 rings (SSSR count). The molecule has 2 N–H and O–H groups in total. The summed E-state index contributed by atoms with van der Waals surface area (Å²) in [6, 6.07) is -6.69. The molecule has 0 aromatic heterocycles. The van der Waals surface area contributed by atoms with Crippen molar-refractivity contribution >= 4 is 0 Å². The summed E-state index contributed by atoms with van der Waals surface area (Å²) < 4.78 is 268. The molecule has 2 nitrogen and oxygen atoms in total. The second-order valence-electron chi connectivity index (χ2n) is 7.34. The number of nitrogens with two attached hydrogens (primary N) is 1. The maximum Gasteiger partial charge on any atom is 0.437 e. The van der Waals surface area contributed by atoms with Crippen LogP contribution in [0.3, 0.4) is 0 Å². The molecule has 4 saturated carbocycles. The van der Waals surface area contributed by atoms with E-state index in [1.54, 1.807) is 4.74 Å². The Labute approximate surface area is 165 Å². The molecule has 0 amide bonds. The highest BCUT2D eigenvalue weighted by Gasteiger charge is 3.23. The molecule has 0 aromatic rings. The molecule has 0 spiro atoms. The number of halogens is 19. The molecule has 0 radical (unpaired) electrons. The monoisotopic (exact) mass is 537 g/mol. The van der Waals surface area contributed by atoms with Crippen molar-refractivity contribution < 1.29 is 88.2 Å². The smallest absolute Gasteiger partial charge is 0.270 e.